The molecule has 0 aliphatic carbocycles. The van der Waals surface area contributed by atoms with E-state index >= 15 is 0 Å². The van der Waals surface area contributed by atoms with Crippen LogP contribution in [-0.2, 0) is 4.79 Å². The number of amides is 1. The van der Waals surface area contributed by atoms with Crippen LogP contribution in [0, 0.1) is 0 Å². The van der Waals surface area contributed by atoms with Crippen LogP contribution in [0.25, 0.3) is 0 Å². The molecule has 0 radical (unpaired) electrons. The predicted molar refractivity (Wildman–Crippen MR) is 91.5 cm³/mol. The largest absolute Gasteiger partial charge is 0.497 e. The highest BCUT2D eigenvalue weighted by Gasteiger charge is 2.22. The zero-order valence-corrected chi connectivity index (χ0v) is 13.9. The number of hydrogen-bond acceptors (Lipinski definition) is 5. The van der Waals surface area contributed by atoms with E-state index in [1.807, 2.05) is 17.5 Å². The van der Waals surface area contributed by atoms with Gasteiger partial charge in [-0.15, -0.1) is 11.3 Å². The maximum atomic E-state index is 12.0. The Morgan fingerprint density at radius 2 is 2.26 bits per heavy atom. The first kappa shape index (κ1) is 15.8. The van der Waals surface area contributed by atoms with Crippen LogP contribution in [-0.4, -0.2) is 50.7 Å². The number of aromatic nitrogens is 1. The third kappa shape index (κ3) is 4.20. The number of ether oxygens (including phenoxy) is 1. The lowest BCUT2D eigenvalue weighted by molar-refractivity contribution is -0.892. The van der Waals surface area contributed by atoms with Gasteiger partial charge in [-0.3, -0.25) is 10.1 Å². The number of quaternary nitrogens is 1. The van der Waals surface area contributed by atoms with Gasteiger partial charge in [-0.05, 0) is 12.1 Å². The van der Waals surface area contributed by atoms with E-state index in [0.717, 1.165) is 31.9 Å². The van der Waals surface area contributed by atoms with Crippen molar-refractivity contribution in [3.8, 4) is 5.75 Å². The molecular weight excluding hydrogens is 312 g/mol. The molecule has 0 bridgehead atoms. The minimum atomic E-state index is 0.0322. The minimum Gasteiger partial charge on any atom is -0.497 e. The molecule has 6 nitrogen and oxygen atoms in total. The number of piperazine rings is 1. The third-order valence-electron chi connectivity index (χ3n) is 3.98. The van der Waals surface area contributed by atoms with Crippen molar-refractivity contribution in [2.24, 2.45) is 0 Å². The summed E-state index contributed by atoms with van der Waals surface area (Å²) in [7, 11) is 1.68. The van der Waals surface area contributed by atoms with Gasteiger partial charge in [-0.25, -0.2) is 4.98 Å². The summed E-state index contributed by atoms with van der Waals surface area (Å²) in [5.41, 5.74) is 1.18. The number of carbonyl (C=O) groups excluding carboxylic acids is 1. The molecule has 1 aromatic heterocycles. The summed E-state index contributed by atoms with van der Waals surface area (Å²) >= 11 is 1.44. The Kier molecular flexibility index (Phi) is 5.09. The summed E-state index contributed by atoms with van der Waals surface area (Å²) in [4.78, 5) is 19.7. The molecule has 0 unspecified atom stereocenters. The molecule has 122 valence electrons. The molecule has 23 heavy (non-hydrogen) atoms. The Bertz CT molecular complexity index is 639. The number of nitrogens with one attached hydrogen (secondary N) is 2. The second-order valence-corrected chi connectivity index (χ2v) is 6.40. The van der Waals surface area contributed by atoms with Crippen molar-refractivity contribution in [3.05, 3.63) is 35.8 Å². The van der Waals surface area contributed by atoms with Crippen molar-refractivity contribution in [3.63, 3.8) is 0 Å². The van der Waals surface area contributed by atoms with Crippen LogP contribution in [0.5, 0.6) is 5.75 Å². The van der Waals surface area contributed by atoms with Gasteiger partial charge in [0.2, 0.25) is 0 Å². The van der Waals surface area contributed by atoms with Gasteiger partial charge in [0.15, 0.2) is 11.7 Å². The Hall–Kier alpha value is -2.12. The molecule has 0 spiro atoms. The van der Waals surface area contributed by atoms with Crippen molar-refractivity contribution in [1.29, 1.82) is 0 Å². The van der Waals surface area contributed by atoms with E-state index in [9.17, 15) is 4.79 Å². The average Bonchev–Trinajstić information content (AvgIpc) is 3.08. The predicted octanol–water partition coefficient (Wildman–Crippen LogP) is 0.495. The second kappa shape index (κ2) is 7.43. The fourth-order valence-corrected chi connectivity index (χ4v) is 3.29. The lowest BCUT2D eigenvalue weighted by Gasteiger charge is -2.33. The Balaban J connectivity index is 1.49. The molecule has 7 heteroatoms. The quantitative estimate of drug-likeness (QED) is 0.836. The monoisotopic (exact) mass is 333 g/mol. The van der Waals surface area contributed by atoms with Gasteiger partial charge >= 0.3 is 0 Å². The molecule has 0 atom stereocenters. The van der Waals surface area contributed by atoms with Crippen LogP contribution in [0.4, 0.5) is 10.8 Å². The summed E-state index contributed by atoms with van der Waals surface area (Å²) in [6.07, 6.45) is 1.69. The third-order valence-corrected chi connectivity index (χ3v) is 4.67. The van der Waals surface area contributed by atoms with Gasteiger partial charge in [0.05, 0.1) is 33.3 Å². The molecule has 1 amide bonds. The zero-order chi connectivity index (χ0) is 16.1. The standard InChI is InChI=1S/C16H20N4O2S/c1-22-14-4-2-3-13(11-14)20-8-6-19(7-9-20)12-15(21)18-16-17-5-10-23-16/h2-5,10-11H,6-9,12H2,1H3,(H,17,18,21)/p+1. The van der Waals surface area contributed by atoms with Crippen molar-refractivity contribution in [2.75, 3.05) is 50.1 Å². The molecule has 1 saturated heterocycles. The average molecular weight is 333 g/mol. The molecule has 3 rings (SSSR count). The molecule has 2 N–H and O–H groups in total. The van der Waals surface area contributed by atoms with Crippen LogP contribution >= 0.6 is 11.3 Å². The highest BCUT2D eigenvalue weighted by atomic mass is 32.1. The van der Waals surface area contributed by atoms with Gasteiger partial charge in [0.25, 0.3) is 5.91 Å². The number of nitrogens with zero attached hydrogens (tertiary/aromatic N) is 2. The molecule has 1 aliphatic rings. The summed E-state index contributed by atoms with van der Waals surface area (Å²) in [5.74, 6) is 0.907. The van der Waals surface area contributed by atoms with E-state index in [1.54, 1.807) is 13.3 Å². The highest BCUT2D eigenvalue weighted by Crippen LogP contribution is 2.20. The second-order valence-electron chi connectivity index (χ2n) is 5.50. The number of carbonyl (C=O) groups is 1. The number of methoxy groups -OCH3 is 1. The van der Waals surface area contributed by atoms with Crippen molar-refractivity contribution < 1.29 is 14.4 Å². The van der Waals surface area contributed by atoms with Crippen LogP contribution < -0.4 is 19.9 Å². The van der Waals surface area contributed by atoms with Crippen LogP contribution in [0.3, 0.4) is 0 Å². The van der Waals surface area contributed by atoms with E-state index in [0.29, 0.717) is 11.7 Å². The molecule has 1 aliphatic heterocycles. The highest BCUT2D eigenvalue weighted by molar-refractivity contribution is 7.13. The summed E-state index contributed by atoms with van der Waals surface area (Å²) in [5, 5.41) is 5.37. The maximum Gasteiger partial charge on any atom is 0.281 e. The van der Waals surface area contributed by atoms with Gasteiger partial charge in [0, 0.05) is 23.3 Å². The van der Waals surface area contributed by atoms with Crippen molar-refractivity contribution in [2.45, 2.75) is 0 Å². The molecule has 1 aromatic carbocycles. The summed E-state index contributed by atoms with van der Waals surface area (Å²) in [6.45, 7) is 4.26. The first-order valence-electron chi connectivity index (χ1n) is 7.66. The Morgan fingerprint density at radius 3 is 2.96 bits per heavy atom. The molecule has 2 aromatic rings. The number of benzene rings is 1. The van der Waals surface area contributed by atoms with Gasteiger partial charge in [-0.2, -0.15) is 0 Å². The number of thiazole rings is 1. The Labute approximate surface area is 139 Å². The van der Waals surface area contributed by atoms with E-state index in [2.05, 4.69) is 27.3 Å². The van der Waals surface area contributed by atoms with Crippen LogP contribution in [0.1, 0.15) is 0 Å². The van der Waals surface area contributed by atoms with Gasteiger partial charge in [-0.1, -0.05) is 6.07 Å². The van der Waals surface area contributed by atoms with Crippen LogP contribution in [0.15, 0.2) is 35.8 Å². The first-order chi connectivity index (χ1) is 11.2. The molecular formula is C16H21N4O2S+. The minimum absolute atomic E-state index is 0.0322. The number of rotatable bonds is 5. The normalized spacial score (nSPS) is 15.4. The van der Waals surface area contributed by atoms with Gasteiger partial charge < -0.3 is 14.5 Å². The lowest BCUT2D eigenvalue weighted by atomic mass is 10.2. The topological polar surface area (TPSA) is 58.9 Å². The molecule has 0 saturated carbocycles. The van der Waals surface area contributed by atoms with E-state index in [-0.39, 0.29) is 5.91 Å². The summed E-state index contributed by atoms with van der Waals surface area (Å²) < 4.78 is 5.28. The molecule has 2 heterocycles. The van der Waals surface area contributed by atoms with Crippen molar-refractivity contribution in [1.82, 2.24) is 4.98 Å². The maximum absolute atomic E-state index is 12.0. The van der Waals surface area contributed by atoms with Crippen molar-refractivity contribution >= 4 is 28.1 Å². The fraction of sp³-hybridized carbons (Fsp3) is 0.375. The Morgan fingerprint density at radius 1 is 1.43 bits per heavy atom. The smallest absolute Gasteiger partial charge is 0.281 e. The van der Waals surface area contributed by atoms with E-state index < -0.39 is 0 Å². The fourth-order valence-electron chi connectivity index (χ4n) is 2.74. The first-order valence-corrected chi connectivity index (χ1v) is 8.54. The lowest BCUT2D eigenvalue weighted by Crippen LogP contribution is -3.15. The van der Waals surface area contributed by atoms with E-state index in [4.69, 9.17) is 4.74 Å². The zero-order valence-electron chi connectivity index (χ0n) is 13.1. The van der Waals surface area contributed by atoms with E-state index in [1.165, 1.54) is 21.9 Å². The molecule has 1 fully saturated rings. The SMILES string of the molecule is COc1cccc(N2CC[NH+](CC(=O)Nc3nccs3)CC2)c1. The number of hydrogen-bond donors (Lipinski definition) is 2. The van der Waals surface area contributed by atoms with Crippen LogP contribution in [0.2, 0.25) is 0 Å². The summed E-state index contributed by atoms with van der Waals surface area (Å²) in [6, 6.07) is 8.12. The van der Waals surface area contributed by atoms with Gasteiger partial charge in [0.1, 0.15) is 5.75 Å². The number of anilines is 2.